The van der Waals surface area contributed by atoms with Gasteiger partial charge < -0.3 is 10.2 Å². The van der Waals surface area contributed by atoms with Gasteiger partial charge in [-0.3, -0.25) is 9.59 Å². The van der Waals surface area contributed by atoms with Crippen molar-refractivity contribution in [3.05, 3.63) is 59.4 Å². The van der Waals surface area contributed by atoms with Crippen LogP contribution in [0.3, 0.4) is 0 Å². The SMILES string of the molecule is O=C(C1CC1)N1CCCc2ccc(NC(=O)C3(c4ccccc4F)CC3)cc21. The molecule has 3 aliphatic rings. The van der Waals surface area contributed by atoms with E-state index in [1.807, 2.05) is 23.1 Å². The number of carbonyl (C=O) groups excluding carboxylic acids is 2. The molecule has 0 atom stereocenters. The fourth-order valence-corrected chi connectivity index (χ4v) is 4.28. The summed E-state index contributed by atoms with van der Waals surface area (Å²) in [7, 11) is 0. The normalized spacial score (nSPS) is 19.7. The number of amides is 2. The number of fused-ring (bicyclic) bond motifs is 1. The highest BCUT2D eigenvalue weighted by molar-refractivity contribution is 6.03. The van der Waals surface area contributed by atoms with Crippen LogP contribution >= 0.6 is 0 Å². The van der Waals surface area contributed by atoms with Gasteiger partial charge in [-0.15, -0.1) is 0 Å². The van der Waals surface area contributed by atoms with Crippen molar-refractivity contribution in [3.8, 4) is 0 Å². The standard InChI is InChI=1S/C23H23FN2O2/c24-19-6-2-1-5-18(19)23(11-12-23)22(28)25-17-10-9-15-4-3-13-26(20(15)14-17)21(27)16-7-8-16/h1-2,5-6,9-10,14,16H,3-4,7-8,11-13H2,(H,25,28). The molecule has 0 radical (unpaired) electrons. The van der Waals surface area contributed by atoms with Crippen LogP contribution in [0, 0.1) is 11.7 Å². The first-order chi connectivity index (χ1) is 13.6. The molecule has 0 bridgehead atoms. The van der Waals surface area contributed by atoms with Crippen LogP contribution < -0.4 is 10.2 Å². The summed E-state index contributed by atoms with van der Waals surface area (Å²) in [6.07, 6.45) is 5.16. The van der Waals surface area contributed by atoms with E-state index in [0.29, 0.717) is 24.1 Å². The molecule has 2 fully saturated rings. The number of hydrogen-bond acceptors (Lipinski definition) is 2. The van der Waals surface area contributed by atoms with Crippen LogP contribution in [0.5, 0.6) is 0 Å². The van der Waals surface area contributed by atoms with E-state index in [4.69, 9.17) is 0 Å². The molecule has 5 heteroatoms. The number of anilines is 2. The first-order valence-corrected chi connectivity index (χ1v) is 10.1. The number of carbonyl (C=O) groups is 2. The Labute approximate surface area is 163 Å². The second-order valence-corrected chi connectivity index (χ2v) is 8.23. The van der Waals surface area contributed by atoms with Crippen LogP contribution in [-0.2, 0) is 21.4 Å². The second kappa shape index (κ2) is 6.43. The van der Waals surface area contributed by atoms with Crippen LogP contribution in [-0.4, -0.2) is 18.4 Å². The first-order valence-electron chi connectivity index (χ1n) is 10.1. The van der Waals surface area contributed by atoms with Crippen molar-refractivity contribution in [3.63, 3.8) is 0 Å². The lowest BCUT2D eigenvalue weighted by Crippen LogP contribution is -2.36. The molecule has 1 aliphatic heterocycles. The zero-order valence-electron chi connectivity index (χ0n) is 15.7. The largest absolute Gasteiger partial charge is 0.325 e. The predicted octanol–water partition coefficient (Wildman–Crippen LogP) is 4.19. The fourth-order valence-electron chi connectivity index (χ4n) is 4.28. The Morgan fingerprint density at radius 1 is 1.11 bits per heavy atom. The number of hydrogen-bond donors (Lipinski definition) is 1. The summed E-state index contributed by atoms with van der Waals surface area (Å²) in [5, 5.41) is 2.98. The maximum Gasteiger partial charge on any atom is 0.235 e. The summed E-state index contributed by atoms with van der Waals surface area (Å²) in [5.41, 5.74) is 2.42. The molecule has 2 aliphatic carbocycles. The highest BCUT2D eigenvalue weighted by Gasteiger charge is 2.52. The lowest BCUT2D eigenvalue weighted by molar-refractivity contribution is -0.120. The Morgan fingerprint density at radius 2 is 1.89 bits per heavy atom. The van der Waals surface area contributed by atoms with Crippen LogP contribution in [0.4, 0.5) is 15.8 Å². The fraction of sp³-hybridized carbons (Fsp3) is 0.391. The van der Waals surface area contributed by atoms with Gasteiger partial charge >= 0.3 is 0 Å². The van der Waals surface area contributed by atoms with E-state index in [1.165, 1.54) is 6.07 Å². The Bertz CT molecular complexity index is 963. The molecule has 2 saturated carbocycles. The summed E-state index contributed by atoms with van der Waals surface area (Å²) < 4.78 is 14.2. The van der Waals surface area contributed by atoms with Gasteiger partial charge in [0.15, 0.2) is 0 Å². The van der Waals surface area contributed by atoms with Crippen molar-refractivity contribution in [2.24, 2.45) is 5.92 Å². The number of rotatable bonds is 4. The molecule has 28 heavy (non-hydrogen) atoms. The zero-order valence-corrected chi connectivity index (χ0v) is 15.7. The van der Waals surface area contributed by atoms with E-state index in [0.717, 1.165) is 43.5 Å². The minimum atomic E-state index is -0.773. The topological polar surface area (TPSA) is 49.4 Å². The molecule has 1 heterocycles. The monoisotopic (exact) mass is 378 g/mol. The van der Waals surface area contributed by atoms with Gasteiger partial charge in [-0.25, -0.2) is 4.39 Å². The van der Waals surface area contributed by atoms with Crippen LogP contribution in [0.25, 0.3) is 0 Å². The molecule has 0 spiro atoms. The molecule has 0 unspecified atom stereocenters. The molecular weight excluding hydrogens is 355 g/mol. The summed E-state index contributed by atoms with van der Waals surface area (Å²) >= 11 is 0. The highest BCUT2D eigenvalue weighted by Crippen LogP contribution is 2.50. The number of nitrogens with one attached hydrogen (secondary N) is 1. The number of nitrogens with zero attached hydrogens (tertiary/aromatic N) is 1. The summed E-state index contributed by atoms with van der Waals surface area (Å²) in [6, 6.07) is 12.3. The third-order valence-corrected chi connectivity index (χ3v) is 6.23. The first kappa shape index (κ1) is 17.4. The molecule has 5 rings (SSSR count). The van der Waals surface area contributed by atoms with E-state index in [1.54, 1.807) is 18.2 Å². The van der Waals surface area contributed by atoms with Crippen molar-refractivity contribution in [1.82, 2.24) is 0 Å². The summed E-state index contributed by atoms with van der Waals surface area (Å²) in [5.74, 6) is -0.135. The maximum absolute atomic E-state index is 14.2. The van der Waals surface area contributed by atoms with E-state index >= 15 is 0 Å². The van der Waals surface area contributed by atoms with Crippen molar-refractivity contribution >= 4 is 23.2 Å². The third-order valence-electron chi connectivity index (χ3n) is 6.23. The van der Waals surface area contributed by atoms with Crippen LogP contribution in [0.15, 0.2) is 42.5 Å². The van der Waals surface area contributed by atoms with Crippen molar-refractivity contribution < 1.29 is 14.0 Å². The summed E-state index contributed by atoms with van der Waals surface area (Å²) in [6.45, 7) is 0.735. The Morgan fingerprint density at radius 3 is 2.61 bits per heavy atom. The van der Waals surface area contributed by atoms with Gasteiger partial charge in [-0.05, 0) is 62.3 Å². The predicted molar refractivity (Wildman–Crippen MR) is 106 cm³/mol. The van der Waals surface area contributed by atoms with Crippen LogP contribution in [0.1, 0.15) is 43.2 Å². The van der Waals surface area contributed by atoms with Gasteiger partial charge in [0, 0.05) is 29.4 Å². The molecule has 2 aromatic carbocycles. The Hall–Kier alpha value is -2.69. The molecule has 0 aromatic heterocycles. The quantitative estimate of drug-likeness (QED) is 0.867. The van der Waals surface area contributed by atoms with Gasteiger partial charge in [-0.2, -0.15) is 0 Å². The Balaban J connectivity index is 1.40. The summed E-state index contributed by atoms with van der Waals surface area (Å²) in [4.78, 5) is 27.5. The van der Waals surface area contributed by atoms with E-state index in [-0.39, 0.29) is 23.5 Å². The second-order valence-electron chi connectivity index (χ2n) is 8.23. The maximum atomic E-state index is 14.2. The molecule has 144 valence electrons. The molecule has 2 aromatic rings. The van der Waals surface area contributed by atoms with E-state index in [9.17, 15) is 14.0 Å². The molecule has 0 saturated heterocycles. The molecule has 4 nitrogen and oxygen atoms in total. The number of halogens is 1. The van der Waals surface area contributed by atoms with Gasteiger partial charge in [0.2, 0.25) is 11.8 Å². The molecule has 1 N–H and O–H groups in total. The van der Waals surface area contributed by atoms with Gasteiger partial charge in [0.1, 0.15) is 5.82 Å². The Kier molecular flexibility index (Phi) is 4.00. The minimum Gasteiger partial charge on any atom is -0.325 e. The van der Waals surface area contributed by atoms with Gasteiger partial charge in [0.25, 0.3) is 0 Å². The molecular formula is C23H23FN2O2. The van der Waals surface area contributed by atoms with Crippen molar-refractivity contribution in [2.75, 3.05) is 16.8 Å². The van der Waals surface area contributed by atoms with Gasteiger partial charge in [-0.1, -0.05) is 24.3 Å². The smallest absolute Gasteiger partial charge is 0.235 e. The van der Waals surface area contributed by atoms with Crippen LogP contribution in [0.2, 0.25) is 0 Å². The highest BCUT2D eigenvalue weighted by atomic mass is 19.1. The van der Waals surface area contributed by atoms with Gasteiger partial charge in [0.05, 0.1) is 5.41 Å². The van der Waals surface area contributed by atoms with E-state index < -0.39 is 5.41 Å². The van der Waals surface area contributed by atoms with E-state index in [2.05, 4.69) is 5.32 Å². The van der Waals surface area contributed by atoms with Crippen molar-refractivity contribution in [1.29, 1.82) is 0 Å². The molecule has 2 amide bonds. The average molecular weight is 378 g/mol. The lowest BCUT2D eigenvalue weighted by Gasteiger charge is -2.30. The third kappa shape index (κ3) is 2.89. The zero-order chi connectivity index (χ0) is 19.3. The lowest BCUT2D eigenvalue weighted by atomic mass is 9.94. The number of benzene rings is 2. The minimum absolute atomic E-state index is 0.167. The average Bonchev–Trinajstić information content (AvgIpc) is 3.61. The van der Waals surface area contributed by atoms with Crippen molar-refractivity contribution in [2.45, 2.75) is 43.9 Å². The number of aryl methyl sites for hydroxylation is 1.